The van der Waals surface area contributed by atoms with Gasteiger partial charge in [0.2, 0.25) is 5.91 Å². The van der Waals surface area contributed by atoms with Gasteiger partial charge in [0.15, 0.2) is 0 Å². The van der Waals surface area contributed by atoms with Gasteiger partial charge in [-0.1, -0.05) is 12.1 Å². The Morgan fingerprint density at radius 2 is 1.92 bits per heavy atom. The van der Waals surface area contributed by atoms with Gasteiger partial charge >= 0.3 is 12.0 Å². The van der Waals surface area contributed by atoms with Crippen molar-refractivity contribution in [3.63, 3.8) is 0 Å². The van der Waals surface area contributed by atoms with Crippen LogP contribution in [-0.2, 0) is 19.9 Å². The van der Waals surface area contributed by atoms with Crippen LogP contribution in [0.3, 0.4) is 0 Å². The number of carboxylic acids is 1. The molecule has 0 spiro atoms. The van der Waals surface area contributed by atoms with E-state index in [2.05, 4.69) is 10.6 Å². The first-order valence-electron chi connectivity index (χ1n) is 7.07. The molecule has 0 aliphatic carbocycles. The van der Waals surface area contributed by atoms with E-state index in [1.54, 1.807) is 0 Å². The van der Waals surface area contributed by atoms with E-state index in [-0.39, 0.29) is 0 Å². The van der Waals surface area contributed by atoms with E-state index in [9.17, 15) is 23.6 Å². The zero-order chi connectivity index (χ0) is 18.1. The van der Waals surface area contributed by atoms with Crippen LogP contribution in [0.15, 0.2) is 24.3 Å². The zero-order valence-electron chi connectivity index (χ0n) is 13.0. The minimum absolute atomic E-state index is 0.365. The van der Waals surface area contributed by atoms with Crippen LogP contribution in [-0.4, -0.2) is 46.4 Å². The quantitative estimate of drug-likeness (QED) is 0.663. The summed E-state index contributed by atoms with van der Waals surface area (Å²) in [5.74, 6) is -3.19. The number of carbonyl (C=O) groups excluding carboxylic acids is 3. The number of rotatable bonds is 5. The van der Waals surface area contributed by atoms with Crippen molar-refractivity contribution in [2.75, 3.05) is 6.54 Å². The van der Waals surface area contributed by atoms with Crippen LogP contribution < -0.4 is 10.6 Å². The normalized spacial score (nSPS) is 21.4. The molecule has 128 valence electrons. The summed E-state index contributed by atoms with van der Waals surface area (Å²) in [7, 11) is 0. The summed E-state index contributed by atoms with van der Waals surface area (Å²) in [4.78, 5) is 47.7. The Hall–Kier alpha value is -2.97. The van der Waals surface area contributed by atoms with Crippen molar-refractivity contribution in [1.29, 1.82) is 0 Å². The maximum absolute atomic E-state index is 13.0. The van der Waals surface area contributed by atoms with Crippen molar-refractivity contribution in [3.05, 3.63) is 35.6 Å². The largest absolute Gasteiger partial charge is 0.480 e. The monoisotopic (exact) mass is 337 g/mol. The number of carbonyl (C=O) groups is 4. The summed E-state index contributed by atoms with van der Waals surface area (Å²) >= 11 is 0. The fourth-order valence-corrected chi connectivity index (χ4v) is 2.31. The molecule has 1 aliphatic heterocycles. The maximum Gasteiger partial charge on any atom is 0.325 e. The van der Waals surface area contributed by atoms with Gasteiger partial charge in [-0.05, 0) is 31.5 Å². The first-order chi connectivity index (χ1) is 11.1. The minimum Gasteiger partial charge on any atom is -0.480 e. The lowest BCUT2D eigenvalue weighted by Crippen LogP contribution is -2.46. The Kier molecular flexibility index (Phi) is 4.54. The van der Waals surface area contributed by atoms with Gasteiger partial charge in [0.25, 0.3) is 5.91 Å². The molecule has 0 saturated carbocycles. The number of hydrogen-bond donors (Lipinski definition) is 3. The fourth-order valence-electron chi connectivity index (χ4n) is 2.31. The van der Waals surface area contributed by atoms with Crippen LogP contribution in [0.1, 0.15) is 19.4 Å². The van der Waals surface area contributed by atoms with Crippen LogP contribution in [0.5, 0.6) is 0 Å². The lowest BCUT2D eigenvalue weighted by atomic mass is 9.92. The van der Waals surface area contributed by atoms with Crippen molar-refractivity contribution in [3.8, 4) is 0 Å². The van der Waals surface area contributed by atoms with Crippen molar-refractivity contribution in [1.82, 2.24) is 15.5 Å². The number of nitrogens with one attached hydrogen (secondary N) is 2. The van der Waals surface area contributed by atoms with Gasteiger partial charge in [-0.2, -0.15) is 0 Å². The molecular weight excluding hydrogens is 321 g/mol. The number of imide groups is 1. The van der Waals surface area contributed by atoms with E-state index in [0.717, 1.165) is 12.1 Å². The van der Waals surface area contributed by atoms with Gasteiger partial charge in [-0.15, -0.1) is 0 Å². The van der Waals surface area contributed by atoms with Crippen LogP contribution in [0.2, 0.25) is 0 Å². The molecule has 1 aromatic carbocycles. The number of amides is 4. The molecule has 2 rings (SSSR count). The predicted molar refractivity (Wildman–Crippen MR) is 79.2 cm³/mol. The van der Waals surface area contributed by atoms with Crippen LogP contribution in [0, 0.1) is 5.82 Å². The van der Waals surface area contributed by atoms with E-state index in [0.29, 0.717) is 10.5 Å². The third-order valence-electron chi connectivity index (χ3n) is 3.75. The lowest BCUT2D eigenvalue weighted by Gasteiger charge is -2.22. The Morgan fingerprint density at radius 3 is 2.46 bits per heavy atom. The Balaban J connectivity index is 2.15. The highest BCUT2D eigenvalue weighted by Gasteiger charge is 2.49. The number of carboxylic acid groups (broad SMARTS) is 1. The predicted octanol–water partition coefficient (Wildman–Crippen LogP) is 0.182. The van der Waals surface area contributed by atoms with Gasteiger partial charge < -0.3 is 15.7 Å². The average Bonchev–Trinajstić information content (AvgIpc) is 2.72. The number of nitrogens with zero attached hydrogens (tertiary/aromatic N) is 1. The third kappa shape index (κ3) is 3.19. The van der Waals surface area contributed by atoms with Gasteiger partial charge in [0, 0.05) is 0 Å². The summed E-state index contributed by atoms with van der Waals surface area (Å²) in [5.41, 5.74) is -1.06. The van der Waals surface area contributed by atoms with Crippen molar-refractivity contribution < 1.29 is 28.7 Å². The molecule has 0 bridgehead atoms. The van der Waals surface area contributed by atoms with Gasteiger partial charge in [-0.3, -0.25) is 19.3 Å². The average molecular weight is 337 g/mol. The summed E-state index contributed by atoms with van der Waals surface area (Å²) in [6, 6.07) is 3.10. The number of halogens is 1. The Bertz CT molecular complexity index is 706. The van der Waals surface area contributed by atoms with E-state index in [1.807, 2.05) is 0 Å². The minimum atomic E-state index is -1.43. The molecule has 1 aromatic rings. The smallest absolute Gasteiger partial charge is 0.325 e. The summed E-state index contributed by atoms with van der Waals surface area (Å²) < 4.78 is 13.0. The summed E-state index contributed by atoms with van der Waals surface area (Å²) in [6.45, 7) is 2.09. The van der Waals surface area contributed by atoms with Crippen molar-refractivity contribution in [2.45, 2.75) is 25.4 Å². The first-order valence-corrected chi connectivity index (χ1v) is 7.07. The molecule has 0 aromatic heterocycles. The Labute approximate surface area is 136 Å². The number of hydrogen-bond acceptors (Lipinski definition) is 4. The van der Waals surface area contributed by atoms with Gasteiger partial charge in [0.05, 0.1) is 0 Å². The lowest BCUT2D eigenvalue weighted by molar-refractivity contribution is -0.141. The van der Waals surface area contributed by atoms with Crippen LogP contribution >= 0.6 is 0 Å². The van der Waals surface area contributed by atoms with Crippen molar-refractivity contribution in [2.24, 2.45) is 0 Å². The molecule has 3 N–H and O–H groups in total. The standard InChI is InChI=1S/C15H16FN3O5/c1-8(12(21)22)17-11(20)7-19-13(23)15(2,18-14(19)24)9-3-5-10(16)6-4-9/h3-6,8H,7H2,1-2H3,(H,17,20)(H,18,24)(H,21,22). The second-order valence-corrected chi connectivity index (χ2v) is 5.58. The molecule has 8 nitrogen and oxygen atoms in total. The van der Waals surface area contributed by atoms with E-state index in [1.165, 1.54) is 26.0 Å². The van der Waals surface area contributed by atoms with Crippen LogP contribution in [0.25, 0.3) is 0 Å². The fraction of sp³-hybridized carbons (Fsp3) is 0.333. The van der Waals surface area contributed by atoms with E-state index < -0.39 is 47.8 Å². The van der Waals surface area contributed by atoms with Gasteiger partial charge in [-0.25, -0.2) is 9.18 Å². The highest BCUT2D eigenvalue weighted by molar-refractivity contribution is 6.09. The topological polar surface area (TPSA) is 116 Å². The van der Waals surface area contributed by atoms with Crippen LogP contribution in [0.4, 0.5) is 9.18 Å². The van der Waals surface area contributed by atoms with E-state index in [4.69, 9.17) is 5.11 Å². The highest BCUT2D eigenvalue weighted by atomic mass is 19.1. The molecule has 9 heteroatoms. The second-order valence-electron chi connectivity index (χ2n) is 5.58. The van der Waals surface area contributed by atoms with E-state index >= 15 is 0 Å². The summed E-state index contributed by atoms with van der Waals surface area (Å²) in [6.07, 6.45) is 0. The van der Waals surface area contributed by atoms with Crippen molar-refractivity contribution >= 4 is 23.8 Å². The maximum atomic E-state index is 13.0. The highest BCUT2D eigenvalue weighted by Crippen LogP contribution is 2.28. The third-order valence-corrected chi connectivity index (χ3v) is 3.75. The second kappa shape index (κ2) is 6.26. The number of benzene rings is 1. The molecular formula is C15H16FN3O5. The molecule has 24 heavy (non-hydrogen) atoms. The SMILES string of the molecule is CC(NC(=O)CN1C(=O)NC(C)(c2ccc(F)cc2)C1=O)C(=O)O. The molecule has 4 amide bonds. The zero-order valence-corrected chi connectivity index (χ0v) is 13.0. The molecule has 1 saturated heterocycles. The molecule has 1 heterocycles. The molecule has 1 aliphatic rings. The summed E-state index contributed by atoms with van der Waals surface area (Å²) in [5, 5.41) is 13.4. The molecule has 2 atom stereocenters. The first kappa shape index (κ1) is 17.4. The molecule has 0 radical (unpaired) electrons. The molecule has 1 fully saturated rings. The number of aliphatic carboxylic acids is 1. The molecule has 2 unspecified atom stereocenters. The Morgan fingerprint density at radius 1 is 1.33 bits per heavy atom. The number of urea groups is 1. The van der Waals surface area contributed by atoms with Gasteiger partial charge in [0.1, 0.15) is 23.9 Å².